The van der Waals surface area contributed by atoms with Crippen molar-refractivity contribution in [2.24, 2.45) is 5.41 Å². The Hall–Kier alpha value is -3.89. The van der Waals surface area contributed by atoms with Crippen LogP contribution >= 0.6 is 0 Å². The molecule has 7 aromatic rings. The maximum Gasteiger partial charge on any atom is 0.128 e. The van der Waals surface area contributed by atoms with Gasteiger partial charge in [-0.3, -0.25) is 0 Å². The van der Waals surface area contributed by atoms with Crippen LogP contribution in [0.25, 0.3) is 55.2 Å². The van der Waals surface area contributed by atoms with Crippen molar-refractivity contribution in [3.05, 3.63) is 127 Å². The van der Waals surface area contributed by atoms with Crippen molar-refractivity contribution in [3.63, 3.8) is 0 Å². The zero-order chi connectivity index (χ0) is 36.9. The number of benzene rings is 4. The van der Waals surface area contributed by atoms with E-state index in [4.69, 9.17) is 8.53 Å². The van der Waals surface area contributed by atoms with Crippen molar-refractivity contribution in [2.75, 3.05) is 0 Å². The topological polar surface area (TPSA) is 38.9 Å². The quantitative estimate of drug-likeness (QED) is 0.131. The van der Waals surface area contributed by atoms with Crippen LogP contribution in [0, 0.1) is 24.4 Å². The Morgan fingerprint density at radius 3 is 2.27 bits per heavy atom. The minimum absolute atomic E-state index is 0. The average molecular weight is 841 g/mol. The van der Waals surface area contributed by atoms with E-state index in [2.05, 4.69) is 92.0 Å². The van der Waals surface area contributed by atoms with E-state index in [1.807, 2.05) is 60.8 Å². The van der Waals surface area contributed by atoms with Crippen molar-refractivity contribution in [3.8, 4) is 22.5 Å². The van der Waals surface area contributed by atoms with E-state index >= 15 is 0 Å². The number of pyridine rings is 2. The monoisotopic (exact) mass is 841 g/mol. The predicted molar refractivity (Wildman–Crippen MR) is 205 cm³/mol. The average Bonchev–Trinajstić information content (AvgIpc) is 3.52. The number of aromatic nitrogens is 2. The molecule has 49 heavy (non-hydrogen) atoms. The Morgan fingerprint density at radius 2 is 1.55 bits per heavy atom. The van der Waals surface area contributed by atoms with Crippen LogP contribution in [0.4, 0.5) is 0 Å². The minimum Gasteiger partial charge on any atom is -0.500 e. The third-order valence-corrected chi connectivity index (χ3v) is 11.7. The van der Waals surface area contributed by atoms with E-state index in [9.17, 15) is 1.37 Å². The van der Waals surface area contributed by atoms with E-state index in [1.165, 1.54) is 11.4 Å². The second-order valence-electron chi connectivity index (χ2n) is 14.7. The molecule has 5 heteroatoms. The smallest absolute Gasteiger partial charge is 0.128 e. The SMILES string of the molecule is C[Si](C)(C)c1ccc(-c2[c-]cccc2)nc1.[2H]C([2H])([2H])c1cnc(-c2[c-]ccc3c2oc2c4ccccc4ccc32)cc1C1([2H])CCC(C)(C)CC1.[Ir]. The first-order valence-corrected chi connectivity index (χ1v) is 20.3. The van der Waals surface area contributed by atoms with Crippen molar-refractivity contribution in [1.29, 1.82) is 0 Å². The van der Waals surface area contributed by atoms with Crippen LogP contribution in [0.2, 0.25) is 19.6 Å². The summed E-state index contributed by atoms with van der Waals surface area (Å²) in [5, 5.41) is 5.52. The van der Waals surface area contributed by atoms with Gasteiger partial charge >= 0.3 is 0 Å². The van der Waals surface area contributed by atoms with Gasteiger partial charge in [0.1, 0.15) is 5.58 Å². The number of rotatable bonds is 4. The molecule has 0 bridgehead atoms. The molecule has 0 spiro atoms. The number of nitrogens with zero attached hydrogens (tertiary/aromatic N) is 2. The molecule has 0 saturated heterocycles. The summed E-state index contributed by atoms with van der Waals surface area (Å²) < 4.78 is 40.2. The molecule has 0 atom stereocenters. The standard InChI is InChI=1S/C30H28NO.C14H16NSi.Ir/c1-19-18-31-27(17-26(19)21-13-15-30(2,3)16-14-21)25-10-6-9-23-24-12-11-20-7-4-5-8-22(20)28(24)32-29(23)25;1-16(2,3)13-9-10-14(15-11-13)12-7-5-4-6-8-12;/h4-9,11-12,17-18,21H,13-16H2,1-3H3;4-7,9-11H,1-3H3;/q2*-1;/i1D3,21D;;. The molecule has 0 amide bonds. The van der Waals surface area contributed by atoms with Crippen LogP contribution in [-0.4, -0.2) is 18.0 Å². The molecule has 3 nitrogen and oxygen atoms in total. The van der Waals surface area contributed by atoms with E-state index in [1.54, 1.807) is 0 Å². The van der Waals surface area contributed by atoms with Crippen LogP contribution in [0.3, 0.4) is 0 Å². The Labute approximate surface area is 311 Å². The van der Waals surface area contributed by atoms with Gasteiger partial charge in [0.25, 0.3) is 0 Å². The molecule has 1 aliphatic carbocycles. The van der Waals surface area contributed by atoms with Crippen molar-refractivity contribution in [1.82, 2.24) is 9.97 Å². The second-order valence-corrected chi connectivity index (χ2v) is 19.8. The van der Waals surface area contributed by atoms with Gasteiger partial charge in [0.2, 0.25) is 0 Å². The molecule has 1 aliphatic rings. The van der Waals surface area contributed by atoms with Crippen LogP contribution < -0.4 is 5.19 Å². The second kappa shape index (κ2) is 14.1. The molecule has 3 aromatic heterocycles. The summed E-state index contributed by atoms with van der Waals surface area (Å²) in [4.78, 5) is 9.10. The number of hydrogen-bond donors (Lipinski definition) is 0. The summed E-state index contributed by atoms with van der Waals surface area (Å²) in [6.45, 7) is 9.09. The normalized spacial score (nSPS) is 16.8. The van der Waals surface area contributed by atoms with E-state index in [0.29, 0.717) is 35.2 Å². The number of aryl methyl sites for hydroxylation is 1. The third kappa shape index (κ3) is 7.36. The van der Waals surface area contributed by atoms with Crippen molar-refractivity contribution < 1.29 is 30.0 Å². The number of hydrogen-bond acceptors (Lipinski definition) is 3. The number of fused-ring (bicyclic) bond motifs is 5. The van der Waals surface area contributed by atoms with E-state index in [-0.39, 0.29) is 31.1 Å². The molecular weight excluding hydrogens is 793 g/mol. The van der Waals surface area contributed by atoms with Crippen molar-refractivity contribution in [2.45, 2.75) is 71.9 Å². The minimum atomic E-state index is -2.34. The summed E-state index contributed by atoms with van der Waals surface area (Å²) in [6, 6.07) is 36.7. The first-order valence-electron chi connectivity index (χ1n) is 18.8. The molecular formula is C44H44IrN2OSi-2. The van der Waals surface area contributed by atoms with Gasteiger partial charge in [-0.25, -0.2) is 0 Å². The molecule has 4 aromatic carbocycles. The Morgan fingerprint density at radius 1 is 0.796 bits per heavy atom. The van der Waals surface area contributed by atoms with Gasteiger partial charge in [-0.2, -0.15) is 0 Å². The largest absolute Gasteiger partial charge is 0.500 e. The molecule has 1 fully saturated rings. The van der Waals surface area contributed by atoms with Crippen molar-refractivity contribution >= 4 is 46.0 Å². The fourth-order valence-electron chi connectivity index (χ4n) is 6.59. The van der Waals surface area contributed by atoms with E-state index in [0.717, 1.165) is 51.2 Å². The third-order valence-electron chi connectivity index (χ3n) is 9.69. The zero-order valence-corrected chi connectivity index (χ0v) is 32.2. The van der Waals surface area contributed by atoms with Crippen LogP contribution in [0.5, 0.6) is 0 Å². The molecule has 251 valence electrons. The summed E-state index contributed by atoms with van der Waals surface area (Å²) in [5.74, 6) is -0.963. The molecule has 0 unspecified atom stereocenters. The Bertz CT molecular complexity index is 2370. The van der Waals surface area contributed by atoms with Gasteiger partial charge in [0, 0.05) is 48.8 Å². The fraction of sp³-hybridized carbons (Fsp3) is 0.273. The zero-order valence-electron chi connectivity index (χ0n) is 32.8. The summed E-state index contributed by atoms with van der Waals surface area (Å²) >= 11 is 0. The van der Waals surface area contributed by atoms with Gasteiger partial charge in [-0.05, 0) is 76.9 Å². The fourth-order valence-corrected chi connectivity index (χ4v) is 7.63. The number of furan rings is 1. The van der Waals surface area contributed by atoms with E-state index < -0.39 is 20.8 Å². The summed E-state index contributed by atoms with van der Waals surface area (Å²) in [5.41, 5.74) is 5.71. The van der Waals surface area contributed by atoms with Gasteiger partial charge in [-0.15, -0.1) is 54.1 Å². The van der Waals surface area contributed by atoms with Gasteiger partial charge in [0.05, 0.1) is 13.7 Å². The van der Waals surface area contributed by atoms with Gasteiger partial charge < -0.3 is 14.4 Å². The van der Waals surface area contributed by atoms with Gasteiger partial charge in [0.15, 0.2) is 0 Å². The van der Waals surface area contributed by atoms with Crippen LogP contribution in [0.15, 0.2) is 108 Å². The molecule has 8 rings (SSSR count). The Balaban J connectivity index is 0.000000238. The van der Waals surface area contributed by atoms with Crippen LogP contribution in [-0.2, 0) is 20.1 Å². The maximum atomic E-state index is 9.35. The molecule has 3 heterocycles. The van der Waals surface area contributed by atoms with Gasteiger partial charge in [-0.1, -0.05) is 99.0 Å². The first kappa shape index (κ1) is 30.0. The molecule has 1 saturated carbocycles. The first-order chi connectivity index (χ1) is 24.6. The van der Waals surface area contributed by atoms with Crippen LogP contribution in [0.1, 0.15) is 62.0 Å². The molecule has 1 radical (unpaired) electrons. The molecule has 0 N–H and O–H groups in total. The molecule has 0 aliphatic heterocycles. The summed E-state index contributed by atoms with van der Waals surface area (Å²) in [6.07, 6.45) is 6.47. The Kier molecular flexibility index (Phi) is 8.66. The maximum absolute atomic E-state index is 9.35. The predicted octanol–water partition coefficient (Wildman–Crippen LogP) is 11.7. The summed E-state index contributed by atoms with van der Waals surface area (Å²) in [7, 11) is -1.23.